The van der Waals surface area contributed by atoms with Gasteiger partial charge in [0.1, 0.15) is 0 Å². The SMILES string of the molecule is O=C(c1cc(Br)cs1)N1C2CCC1CC(n1nccn1)C2. The predicted molar refractivity (Wildman–Crippen MR) is 83.3 cm³/mol. The molecule has 2 unspecified atom stereocenters. The van der Waals surface area contributed by atoms with Gasteiger partial charge in [0.25, 0.3) is 5.91 Å². The van der Waals surface area contributed by atoms with Gasteiger partial charge in [-0.25, -0.2) is 0 Å². The molecule has 0 N–H and O–H groups in total. The van der Waals surface area contributed by atoms with Crippen LogP contribution in [0.1, 0.15) is 41.4 Å². The average Bonchev–Trinajstić information content (AvgIpc) is 3.18. The standard InChI is InChI=1S/C14H15BrN4OS/c15-9-5-13(21-8-9)14(20)18-10-1-2-11(18)7-12(6-10)19-16-3-4-17-19/h3-5,8,10-12H,1-2,6-7H2. The van der Waals surface area contributed by atoms with Crippen molar-refractivity contribution in [2.75, 3.05) is 0 Å². The number of rotatable bonds is 2. The van der Waals surface area contributed by atoms with E-state index in [0.717, 1.165) is 35.0 Å². The molecule has 2 aromatic rings. The molecule has 0 aromatic carbocycles. The maximum Gasteiger partial charge on any atom is 0.264 e. The number of fused-ring (bicyclic) bond motifs is 2. The summed E-state index contributed by atoms with van der Waals surface area (Å²) in [6.45, 7) is 0. The van der Waals surface area contributed by atoms with E-state index in [4.69, 9.17) is 0 Å². The number of halogens is 1. The van der Waals surface area contributed by atoms with E-state index in [1.165, 1.54) is 11.3 Å². The van der Waals surface area contributed by atoms with Crippen molar-refractivity contribution in [1.82, 2.24) is 19.9 Å². The van der Waals surface area contributed by atoms with Crippen molar-refractivity contribution in [3.8, 4) is 0 Å². The maximum atomic E-state index is 12.7. The molecule has 2 bridgehead atoms. The van der Waals surface area contributed by atoms with E-state index in [-0.39, 0.29) is 5.91 Å². The molecule has 7 heteroatoms. The number of thiophene rings is 1. The minimum atomic E-state index is 0.185. The lowest BCUT2D eigenvalue weighted by Gasteiger charge is -2.38. The van der Waals surface area contributed by atoms with Crippen molar-refractivity contribution < 1.29 is 4.79 Å². The van der Waals surface area contributed by atoms with Crippen LogP contribution in [0.4, 0.5) is 0 Å². The van der Waals surface area contributed by atoms with Crippen LogP contribution in [0, 0.1) is 0 Å². The molecular formula is C14H15BrN4OS. The molecule has 2 aliphatic rings. The van der Waals surface area contributed by atoms with Gasteiger partial charge in [-0.05, 0) is 47.7 Å². The molecular weight excluding hydrogens is 352 g/mol. The molecule has 5 nitrogen and oxygen atoms in total. The second-order valence-corrected chi connectivity index (χ2v) is 7.53. The van der Waals surface area contributed by atoms with Gasteiger partial charge in [-0.15, -0.1) is 11.3 Å². The molecule has 0 aliphatic carbocycles. The van der Waals surface area contributed by atoms with Crippen LogP contribution >= 0.6 is 27.3 Å². The van der Waals surface area contributed by atoms with Gasteiger partial charge in [0.2, 0.25) is 0 Å². The smallest absolute Gasteiger partial charge is 0.264 e. The summed E-state index contributed by atoms with van der Waals surface area (Å²) in [7, 11) is 0. The summed E-state index contributed by atoms with van der Waals surface area (Å²) in [5.41, 5.74) is 0. The van der Waals surface area contributed by atoms with E-state index in [9.17, 15) is 4.79 Å². The fourth-order valence-electron chi connectivity index (χ4n) is 3.64. The summed E-state index contributed by atoms with van der Waals surface area (Å²) in [6, 6.07) is 2.91. The third-order valence-electron chi connectivity index (χ3n) is 4.48. The van der Waals surface area contributed by atoms with Crippen molar-refractivity contribution in [2.24, 2.45) is 0 Å². The number of nitrogens with zero attached hydrogens (tertiary/aromatic N) is 4. The fraction of sp³-hybridized carbons (Fsp3) is 0.500. The van der Waals surface area contributed by atoms with Gasteiger partial charge in [-0.2, -0.15) is 15.0 Å². The number of hydrogen-bond acceptors (Lipinski definition) is 4. The van der Waals surface area contributed by atoms with Gasteiger partial charge in [0, 0.05) is 21.9 Å². The van der Waals surface area contributed by atoms with Crippen LogP contribution in [0.25, 0.3) is 0 Å². The third-order valence-corrected chi connectivity index (χ3v) is 6.16. The van der Waals surface area contributed by atoms with Crippen LogP contribution in [0.2, 0.25) is 0 Å². The fourth-order valence-corrected chi connectivity index (χ4v) is 5.01. The molecule has 21 heavy (non-hydrogen) atoms. The highest BCUT2D eigenvalue weighted by Crippen LogP contribution is 2.41. The Morgan fingerprint density at radius 1 is 1.19 bits per heavy atom. The lowest BCUT2D eigenvalue weighted by molar-refractivity contribution is 0.0517. The van der Waals surface area contributed by atoms with Crippen LogP contribution in [-0.4, -0.2) is 37.9 Å². The number of aromatic nitrogens is 3. The van der Waals surface area contributed by atoms with Gasteiger partial charge in [0.15, 0.2) is 0 Å². The summed E-state index contributed by atoms with van der Waals surface area (Å²) in [4.78, 5) is 17.5. The van der Waals surface area contributed by atoms with Crippen LogP contribution in [0.3, 0.4) is 0 Å². The zero-order valence-electron chi connectivity index (χ0n) is 11.4. The zero-order chi connectivity index (χ0) is 14.4. The molecule has 2 aliphatic heterocycles. The first-order valence-electron chi connectivity index (χ1n) is 7.15. The third kappa shape index (κ3) is 2.32. The Bertz CT molecular complexity index is 642. The maximum absolute atomic E-state index is 12.7. The molecule has 2 saturated heterocycles. The van der Waals surface area contributed by atoms with Crippen molar-refractivity contribution in [3.63, 3.8) is 0 Å². The van der Waals surface area contributed by atoms with Crippen LogP contribution in [0.5, 0.6) is 0 Å². The van der Waals surface area contributed by atoms with Crippen molar-refractivity contribution >= 4 is 33.2 Å². The molecule has 0 radical (unpaired) electrons. The van der Waals surface area contributed by atoms with E-state index < -0.39 is 0 Å². The Kier molecular flexibility index (Phi) is 3.34. The Labute approximate surface area is 135 Å². The Morgan fingerprint density at radius 3 is 2.43 bits per heavy atom. The van der Waals surface area contributed by atoms with E-state index in [1.54, 1.807) is 12.4 Å². The van der Waals surface area contributed by atoms with Gasteiger partial charge < -0.3 is 4.90 Å². The topological polar surface area (TPSA) is 51.0 Å². The van der Waals surface area contributed by atoms with E-state index in [1.807, 2.05) is 16.2 Å². The van der Waals surface area contributed by atoms with E-state index in [2.05, 4.69) is 31.0 Å². The number of carbonyl (C=O) groups excluding carboxylic acids is 1. The van der Waals surface area contributed by atoms with Gasteiger partial charge in [-0.3, -0.25) is 4.79 Å². The summed E-state index contributed by atoms with van der Waals surface area (Å²) in [5.74, 6) is 0.185. The first-order valence-corrected chi connectivity index (χ1v) is 8.82. The minimum absolute atomic E-state index is 0.185. The molecule has 1 amide bonds. The van der Waals surface area contributed by atoms with Crippen molar-refractivity contribution in [2.45, 2.75) is 43.8 Å². The molecule has 2 atom stereocenters. The zero-order valence-corrected chi connectivity index (χ0v) is 13.8. The van der Waals surface area contributed by atoms with Crippen molar-refractivity contribution in [1.29, 1.82) is 0 Å². The Hall–Kier alpha value is -1.21. The highest BCUT2D eigenvalue weighted by atomic mass is 79.9. The molecule has 2 aromatic heterocycles. The summed E-state index contributed by atoms with van der Waals surface area (Å²) in [5, 5.41) is 10.5. The summed E-state index contributed by atoms with van der Waals surface area (Å²) >= 11 is 4.94. The summed E-state index contributed by atoms with van der Waals surface area (Å²) in [6.07, 6.45) is 7.57. The Balaban J connectivity index is 1.55. The van der Waals surface area contributed by atoms with Crippen molar-refractivity contribution in [3.05, 3.63) is 33.2 Å². The second kappa shape index (κ2) is 5.21. The van der Waals surface area contributed by atoms with Crippen LogP contribution in [-0.2, 0) is 0 Å². The van der Waals surface area contributed by atoms with Gasteiger partial charge in [-0.1, -0.05) is 0 Å². The monoisotopic (exact) mass is 366 g/mol. The minimum Gasteiger partial charge on any atom is -0.332 e. The van der Waals surface area contributed by atoms with E-state index in [0.29, 0.717) is 18.1 Å². The van der Waals surface area contributed by atoms with Crippen LogP contribution in [0.15, 0.2) is 28.3 Å². The highest BCUT2D eigenvalue weighted by molar-refractivity contribution is 9.10. The number of piperidine rings is 1. The average molecular weight is 367 g/mol. The second-order valence-electron chi connectivity index (χ2n) is 5.70. The lowest BCUT2D eigenvalue weighted by Crippen LogP contribution is -2.47. The normalized spacial score (nSPS) is 28.0. The lowest BCUT2D eigenvalue weighted by atomic mass is 9.97. The quantitative estimate of drug-likeness (QED) is 0.820. The predicted octanol–water partition coefficient (Wildman–Crippen LogP) is 3.11. The van der Waals surface area contributed by atoms with Crippen LogP contribution < -0.4 is 0 Å². The molecule has 4 rings (SSSR count). The largest absolute Gasteiger partial charge is 0.332 e. The molecule has 110 valence electrons. The van der Waals surface area contributed by atoms with E-state index >= 15 is 0 Å². The number of carbonyl (C=O) groups is 1. The molecule has 0 spiro atoms. The van der Waals surface area contributed by atoms with Gasteiger partial charge in [0.05, 0.1) is 23.3 Å². The molecule has 0 saturated carbocycles. The highest BCUT2D eigenvalue weighted by Gasteiger charge is 2.44. The number of amides is 1. The summed E-state index contributed by atoms with van der Waals surface area (Å²) < 4.78 is 0.985. The molecule has 4 heterocycles. The van der Waals surface area contributed by atoms with Gasteiger partial charge >= 0.3 is 0 Å². The first-order chi connectivity index (χ1) is 10.2. The molecule has 2 fully saturated rings. The number of hydrogen-bond donors (Lipinski definition) is 0. The first kappa shape index (κ1) is 13.5. The Morgan fingerprint density at radius 2 is 1.86 bits per heavy atom.